The lowest BCUT2D eigenvalue weighted by atomic mass is 10.3. The molecule has 0 N–H and O–H groups in total. The standard InChI is InChI=1S/C4H7ClO5S2/c5-12(7,8)2-1-4-3-9-11(6)10-4/h4H,1-3H2. The molecule has 72 valence electrons. The van der Waals surface area contributed by atoms with Crippen LogP contribution in [0.2, 0.25) is 0 Å². The Balaban J connectivity index is 2.30. The van der Waals surface area contributed by atoms with Crippen molar-refractivity contribution in [2.45, 2.75) is 12.5 Å². The zero-order valence-corrected chi connectivity index (χ0v) is 8.32. The van der Waals surface area contributed by atoms with Crippen molar-refractivity contribution >= 4 is 31.1 Å². The van der Waals surface area contributed by atoms with Gasteiger partial charge in [-0.3, -0.25) is 8.37 Å². The van der Waals surface area contributed by atoms with Gasteiger partial charge in [-0.05, 0) is 6.42 Å². The minimum Gasteiger partial charge on any atom is -0.266 e. The molecule has 1 fully saturated rings. The number of halogens is 1. The first-order valence-electron chi connectivity index (χ1n) is 3.12. The van der Waals surface area contributed by atoms with Crippen LogP contribution in [-0.2, 0) is 28.8 Å². The minimum absolute atomic E-state index is 0.152. The molecule has 2 unspecified atom stereocenters. The smallest absolute Gasteiger partial charge is 0.266 e. The summed E-state index contributed by atoms with van der Waals surface area (Å²) in [6.45, 7) is 0.152. The molecular formula is C4H7ClO5S2. The van der Waals surface area contributed by atoms with Crippen molar-refractivity contribution in [2.24, 2.45) is 0 Å². The molecule has 0 spiro atoms. The Morgan fingerprint density at radius 1 is 1.58 bits per heavy atom. The average Bonchev–Trinajstić information content (AvgIpc) is 2.30. The molecule has 0 aromatic heterocycles. The van der Waals surface area contributed by atoms with E-state index in [-0.39, 0.29) is 18.8 Å². The second-order valence-corrected chi connectivity index (χ2v) is 5.97. The Bertz CT molecular complexity index is 273. The van der Waals surface area contributed by atoms with Gasteiger partial charge in [0.1, 0.15) is 6.10 Å². The lowest BCUT2D eigenvalue weighted by Gasteiger charge is -2.01. The summed E-state index contributed by atoms with van der Waals surface area (Å²) >= 11 is -1.72. The van der Waals surface area contributed by atoms with Crippen molar-refractivity contribution in [2.75, 3.05) is 12.4 Å². The molecular weight excluding hydrogens is 228 g/mol. The molecule has 0 amide bonds. The summed E-state index contributed by atoms with van der Waals surface area (Å²) in [5.74, 6) is -0.195. The van der Waals surface area contributed by atoms with Gasteiger partial charge in [-0.2, -0.15) is 4.21 Å². The van der Waals surface area contributed by atoms with Gasteiger partial charge in [0.05, 0.1) is 12.4 Å². The van der Waals surface area contributed by atoms with E-state index in [1.54, 1.807) is 0 Å². The number of rotatable bonds is 3. The van der Waals surface area contributed by atoms with Gasteiger partial charge in [-0.1, -0.05) is 0 Å². The fraction of sp³-hybridized carbons (Fsp3) is 1.00. The highest BCUT2D eigenvalue weighted by atomic mass is 35.7. The molecule has 12 heavy (non-hydrogen) atoms. The van der Waals surface area contributed by atoms with Crippen LogP contribution in [0.1, 0.15) is 6.42 Å². The highest BCUT2D eigenvalue weighted by molar-refractivity contribution is 8.13. The molecule has 1 saturated heterocycles. The zero-order valence-electron chi connectivity index (χ0n) is 5.93. The first kappa shape index (κ1) is 10.4. The summed E-state index contributed by atoms with van der Waals surface area (Å²) in [5, 5.41) is 0. The highest BCUT2D eigenvalue weighted by Crippen LogP contribution is 2.13. The summed E-state index contributed by atoms with van der Waals surface area (Å²) in [6.07, 6.45) is -0.225. The van der Waals surface area contributed by atoms with Crippen molar-refractivity contribution in [3.05, 3.63) is 0 Å². The molecule has 0 saturated carbocycles. The van der Waals surface area contributed by atoms with Crippen LogP contribution in [0.4, 0.5) is 0 Å². The summed E-state index contributed by atoms with van der Waals surface area (Å²) in [5.41, 5.74) is 0. The van der Waals surface area contributed by atoms with Gasteiger partial charge in [0.15, 0.2) is 0 Å². The van der Waals surface area contributed by atoms with E-state index < -0.39 is 26.5 Å². The van der Waals surface area contributed by atoms with Crippen molar-refractivity contribution in [3.63, 3.8) is 0 Å². The van der Waals surface area contributed by atoms with Crippen LogP contribution in [0.5, 0.6) is 0 Å². The normalized spacial score (nSPS) is 30.8. The van der Waals surface area contributed by atoms with Crippen molar-refractivity contribution in [1.82, 2.24) is 0 Å². The van der Waals surface area contributed by atoms with E-state index in [1.807, 2.05) is 0 Å². The first-order valence-corrected chi connectivity index (χ1v) is 6.60. The van der Waals surface area contributed by atoms with Crippen LogP contribution in [0.15, 0.2) is 0 Å². The second-order valence-electron chi connectivity index (χ2n) is 2.24. The maximum atomic E-state index is 10.5. The maximum absolute atomic E-state index is 10.5. The minimum atomic E-state index is -3.49. The summed E-state index contributed by atoms with van der Waals surface area (Å²) < 4.78 is 40.6. The van der Waals surface area contributed by atoms with E-state index in [9.17, 15) is 12.6 Å². The van der Waals surface area contributed by atoms with Gasteiger partial charge >= 0.3 is 11.4 Å². The molecule has 0 aliphatic carbocycles. The summed E-state index contributed by atoms with van der Waals surface area (Å²) in [6, 6.07) is 0. The van der Waals surface area contributed by atoms with E-state index in [4.69, 9.17) is 10.7 Å². The average molecular weight is 235 g/mol. The predicted octanol–water partition coefficient (Wildman–Crippen LogP) is -0.0608. The van der Waals surface area contributed by atoms with E-state index in [0.29, 0.717) is 0 Å². The molecule has 1 aliphatic heterocycles. The molecule has 0 aromatic rings. The zero-order chi connectivity index (χ0) is 9.19. The molecule has 0 aromatic carbocycles. The fourth-order valence-electron chi connectivity index (χ4n) is 0.702. The van der Waals surface area contributed by atoms with Crippen LogP contribution < -0.4 is 0 Å². The quantitative estimate of drug-likeness (QED) is 0.640. The monoisotopic (exact) mass is 234 g/mol. The maximum Gasteiger partial charge on any atom is 0.305 e. The van der Waals surface area contributed by atoms with Gasteiger partial charge < -0.3 is 0 Å². The molecule has 2 atom stereocenters. The molecule has 1 heterocycles. The van der Waals surface area contributed by atoms with Crippen LogP contribution in [0.25, 0.3) is 0 Å². The Morgan fingerprint density at radius 3 is 2.67 bits per heavy atom. The van der Waals surface area contributed by atoms with Crippen molar-refractivity contribution in [3.8, 4) is 0 Å². The lowest BCUT2D eigenvalue weighted by molar-refractivity contribution is 0.235. The van der Waals surface area contributed by atoms with Crippen LogP contribution in [0, 0.1) is 0 Å². The molecule has 5 nitrogen and oxygen atoms in total. The number of hydrogen-bond acceptors (Lipinski definition) is 5. The molecule has 1 rings (SSSR count). The molecule has 8 heteroatoms. The topological polar surface area (TPSA) is 69.7 Å². The third kappa shape index (κ3) is 3.81. The van der Waals surface area contributed by atoms with Crippen LogP contribution >= 0.6 is 10.7 Å². The van der Waals surface area contributed by atoms with Gasteiger partial charge in [-0.25, -0.2) is 8.42 Å². The SMILES string of the molecule is O=S1OCC(CCS(=O)(=O)Cl)O1. The van der Waals surface area contributed by atoms with Crippen LogP contribution in [-0.4, -0.2) is 31.1 Å². The van der Waals surface area contributed by atoms with Crippen molar-refractivity contribution in [1.29, 1.82) is 0 Å². The predicted molar refractivity (Wildman–Crippen MR) is 43.2 cm³/mol. The Hall–Kier alpha value is 0.310. The first-order chi connectivity index (χ1) is 5.47. The third-order valence-electron chi connectivity index (χ3n) is 1.25. The third-order valence-corrected chi connectivity index (χ3v) is 3.19. The van der Waals surface area contributed by atoms with Crippen molar-refractivity contribution < 1.29 is 21.0 Å². The molecule has 0 radical (unpaired) electrons. The van der Waals surface area contributed by atoms with Gasteiger partial charge in [-0.15, -0.1) is 0 Å². The summed E-state index contributed by atoms with van der Waals surface area (Å²) in [7, 11) is 1.46. The Morgan fingerprint density at radius 2 is 2.25 bits per heavy atom. The second kappa shape index (κ2) is 4.01. The highest BCUT2D eigenvalue weighted by Gasteiger charge is 2.24. The van der Waals surface area contributed by atoms with E-state index in [2.05, 4.69) is 8.37 Å². The Kier molecular flexibility index (Phi) is 3.47. The fourth-order valence-corrected chi connectivity index (χ4v) is 2.21. The number of hydrogen-bond donors (Lipinski definition) is 0. The van der Waals surface area contributed by atoms with Gasteiger partial charge in [0, 0.05) is 10.7 Å². The lowest BCUT2D eigenvalue weighted by Crippen LogP contribution is -2.13. The van der Waals surface area contributed by atoms with E-state index in [0.717, 1.165) is 0 Å². The molecule has 0 bridgehead atoms. The van der Waals surface area contributed by atoms with E-state index in [1.165, 1.54) is 0 Å². The Labute approximate surface area is 77.3 Å². The van der Waals surface area contributed by atoms with Crippen LogP contribution in [0.3, 0.4) is 0 Å². The summed E-state index contributed by atoms with van der Waals surface area (Å²) in [4.78, 5) is 0. The molecule has 1 aliphatic rings. The van der Waals surface area contributed by atoms with Gasteiger partial charge in [0.25, 0.3) is 0 Å². The van der Waals surface area contributed by atoms with E-state index >= 15 is 0 Å². The van der Waals surface area contributed by atoms with Gasteiger partial charge in [0.2, 0.25) is 9.05 Å². The largest absolute Gasteiger partial charge is 0.305 e.